The predicted octanol–water partition coefficient (Wildman–Crippen LogP) is 5.31. The molecular weight excluding hydrogens is 346 g/mol. The topological polar surface area (TPSA) is 49.3 Å². The number of nitrogens with one attached hydrogen (secondary N) is 1. The summed E-state index contributed by atoms with van der Waals surface area (Å²) in [6.07, 6.45) is -0.00566. The van der Waals surface area contributed by atoms with Crippen LogP contribution in [0.2, 0.25) is 5.02 Å². The molecule has 1 atom stereocenters. The number of hydrogen-bond acceptors (Lipinski definition) is 2. The van der Waals surface area contributed by atoms with Crippen molar-refractivity contribution >= 4 is 17.6 Å². The Labute approximate surface area is 158 Å². The largest absolute Gasteiger partial charge is 0.481 e. The summed E-state index contributed by atoms with van der Waals surface area (Å²) >= 11 is 6.38. The first kappa shape index (κ1) is 18.2. The summed E-state index contributed by atoms with van der Waals surface area (Å²) in [6, 6.07) is 25.1. The van der Waals surface area contributed by atoms with Gasteiger partial charge < -0.3 is 10.4 Å². The van der Waals surface area contributed by atoms with Gasteiger partial charge >= 0.3 is 5.97 Å². The molecule has 3 nitrogen and oxygen atoms in total. The molecule has 26 heavy (non-hydrogen) atoms. The van der Waals surface area contributed by atoms with E-state index in [0.29, 0.717) is 11.6 Å². The summed E-state index contributed by atoms with van der Waals surface area (Å²) in [5.41, 5.74) is 3.89. The molecule has 0 aliphatic rings. The van der Waals surface area contributed by atoms with E-state index in [9.17, 15) is 9.90 Å². The van der Waals surface area contributed by atoms with E-state index < -0.39 is 5.97 Å². The van der Waals surface area contributed by atoms with Crippen LogP contribution in [0.15, 0.2) is 78.9 Å². The molecule has 0 unspecified atom stereocenters. The van der Waals surface area contributed by atoms with E-state index in [-0.39, 0.29) is 12.5 Å². The molecule has 0 aromatic heterocycles. The highest BCUT2D eigenvalue weighted by Gasteiger charge is 2.19. The molecular formula is C22H20ClNO2. The number of aliphatic carboxylic acids is 1. The lowest BCUT2D eigenvalue weighted by Crippen LogP contribution is -2.24. The van der Waals surface area contributed by atoms with Crippen molar-refractivity contribution in [3.05, 3.63) is 95.0 Å². The molecule has 0 saturated heterocycles. The van der Waals surface area contributed by atoms with Crippen molar-refractivity contribution in [2.45, 2.75) is 19.0 Å². The second-order valence-electron chi connectivity index (χ2n) is 6.08. The van der Waals surface area contributed by atoms with E-state index in [1.54, 1.807) is 0 Å². The number of rotatable bonds is 7. The first-order valence-electron chi connectivity index (χ1n) is 8.48. The van der Waals surface area contributed by atoms with Gasteiger partial charge in [-0.25, -0.2) is 0 Å². The van der Waals surface area contributed by atoms with E-state index >= 15 is 0 Å². The van der Waals surface area contributed by atoms with Crippen molar-refractivity contribution < 1.29 is 9.90 Å². The molecule has 0 bridgehead atoms. The second-order valence-corrected chi connectivity index (χ2v) is 6.49. The normalized spacial score (nSPS) is 11.9. The third kappa shape index (κ3) is 4.51. The van der Waals surface area contributed by atoms with E-state index in [2.05, 4.69) is 5.32 Å². The van der Waals surface area contributed by atoms with Crippen LogP contribution in [-0.4, -0.2) is 11.1 Å². The van der Waals surface area contributed by atoms with Gasteiger partial charge in [-0.05, 0) is 22.8 Å². The lowest BCUT2D eigenvalue weighted by Gasteiger charge is -2.21. The number of carbonyl (C=O) groups is 1. The molecule has 0 heterocycles. The smallest absolute Gasteiger partial charge is 0.305 e. The fourth-order valence-electron chi connectivity index (χ4n) is 3.03. The Balaban J connectivity index is 1.94. The van der Waals surface area contributed by atoms with Gasteiger partial charge in [0, 0.05) is 23.2 Å². The van der Waals surface area contributed by atoms with Crippen molar-refractivity contribution in [1.29, 1.82) is 0 Å². The molecule has 0 saturated carbocycles. The van der Waals surface area contributed by atoms with Gasteiger partial charge in [-0.1, -0.05) is 84.4 Å². The van der Waals surface area contributed by atoms with Gasteiger partial charge in [0.05, 0.1) is 6.42 Å². The van der Waals surface area contributed by atoms with E-state index in [1.165, 1.54) is 0 Å². The molecule has 0 amide bonds. The lowest BCUT2D eigenvalue weighted by atomic mass is 9.93. The molecule has 3 aromatic rings. The second kappa shape index (κ2) is 8.65. The standard InChI is InChI=1S/C22H20ClNO2/c23-20-13-7-6-11-18(20)17-10-4-5-12-19(17)21(14-22(25)26)24-15-16-8-2-1-3-9-16/h1-13,21,24H,14-15H2,(H,25,26)/t21-/m1/s1. The fourth-order valence-corrected chi connectivity index (χ4v) is 3.27. The van der Waals surface area contributed by atoms with Gasteiger partial charge in [0.1, 0.15) is 0 Å². The first-order chi connectivity index (χ1) is 12.6. The van der Waals surface area contributed by atoms with Crippen molar-refractivity contribution in [2.24, 2.45) is 0 Å². The number of hydrogen-bond donors (Lipinski definition) is 2. The SMILES string of the molecule is O=C(O)C[C@@H](NCc1ccccc1)c1ccccc1-c1ccccc1Cl. The summed E-state index contributed by atoms with van der Waals surface area (Å²) in [5.74, 6) is -0.843. The molecule has 0 radical (unpaired) electrons. The van der Waals surface area contributed by atoms with Crippen LogP contribution in [0.5, 0.6) is 0 Å². The summed E-state index contributed by atoms with van der Waals surface area (Å²) < 4.78 is 0. The van der Waals surface area contributed by atoms with Gasteiger partial charge in [0.25, 0.3) is 0 Å². The van der Waals surface area contributed by atoms with Crippen LogP contribution in [0.25, 0.3) is 11.1 Å². The third-order valence-corrected chi connectivity index (χ3v) is 4.60. The summed E-state index contributed by atoms with van der Waals surface area (Å²) in [4.78, 5) is 11.4. The maximum Gasteiger partial charge on any atom is 0.305 e. The highest BCUT2D eigenvalue weighted by molar-refractivity contribution is 6.33. The molecule has 0 aliphatic heterocycles. The highest BCUT2D eigenvalue weighted by Crippen LogP contribution is 2.34. The van der Waals surface area contributed by atoms with Crippen LogP contribution in [0.1, 0.15) is 23.6 Å². The zero-order valence-corrected chi connectivity index (χ0v) is 15.0. The number of carboxylic acid groups (broad SMARTS) is 1. The van der Waals surface area contributed by atoms with E-state index in [1.807, 2.05) is 78.9 Å². The zero-order valence-electron chi connectivity index (χ0n) is 14.2. The maximum atomic E-state index is 11.4. The zero-order chi connectivity index (χ0) is 18.4. The molecule has 2 N–H and O–H groups in total. The number of halogens is 1. The fraction of sp³-hybridized carbons (Fsp3) is 0.136. The first-order valence-corrected chi connectivity index (χ1v) is 8.86. The predicted molar refractivity (Wildman–Crippen MR) is 105 cm³/mol. The van der Waals surface area contributed by atoms with Gasteiger partial charge in [-0.15, -0.1) is 0 Å². The Morgan fingerprint density at radius 2 is 1.50 bits per heavy atom. The Morgan fingerprint density at radius 3 is 2.19 bits per heavy atom. The van der Waals surface area contributed by atoms with Gasteiger partial charge in [0.15, 0.2) is 0 Å². The molecule has 0 fully saturated rings. The van der Waals surface area contributed by atoms with Crippen LogP contribution in [0, 0.1) is 0 Å². The van der Waals surface area contributed by atoms with Gasteiger partial charge in [-0.3, -0.25) is 4.79 Å². The van der Waals surface area contributed by atoms with Gasteiger partial charge in [0.2, 0.25) is 0 Å². The Bertz CT molecular complexity index is 880. The quantitative estimate of drug-likeness (QED) is 0.596. The average Bonchev–Trinajstić information content (AvgIpc) is 2.66. The van der Waals surface area contributed by atoms with E-state index in [4.69, 9.17) is 11.6 Å². The van der Waals surface area contributed by atoms with Crippen LogP contribution in [0.4, 0.5) is 0 Å². The lowest BCUT2D eigenvalue weighted by molar-refractivity contribution is -0.137. The summed E-state index contributed by atoms with van der Waals surface area (Å²) in [6.45, 7) is 0.593. The minimum absolute atomic E-state index is 0.00566. The highest BCUT2D eigenvalue weighted by atomic mass is 35.5. The molecule has 4 heteroatoms. The third-order valence-electron chi connectivity index (χ3n) is 4.27. The number of carboxylic acids is 1. The monoisotopic (exact) mass is 365 g/mol. The van der Waals surface area contributed by atoms with Crippen LogP contribution in [0.3, 0.4) is 0 Å². The summed E-state index contributed by atoms with van der Waals surface area (Å²) in [5, 5.41) is 13.4. The Hall–Kier alpha value is -2.62. The summed E-state index contributed by atoms with van der Waals surface area (Å²) in [7, 11) is 0. The molecule has 132 valence electrons. The molecule has 3 rings (SSSR count). The Morgan fingerprint density at radius 1 is 0.885 bits per heavy atom. The Kier molecular flexibility index (Phi) is 6.05. The molecule has 3 aromatic carbocycles. The average molecular weight is 366 g/mol. The minimum Gasteiger partial charge on any atom is -0.481 e. The van der Waals surface area contributed by atoms with Gasteiger partial charge in [-0.2, -0.15) is 0 Å². The van der Waals surface area contributed by atoms with Crippen molar-refractivity contribution in [3.63, 3.8) is 0 Å². The number of benzene rings is 3. The van der Waals surface area contributed by atoms with Crippen LogP contribution >= 0.6 is 11.6 Å². The minimum atomic E-state index is -0.843. The van der Waals surface area contributed by atoms with Crippen LogP contribution < -0.4 is 5.32 Å². The molecule has 0 spiro atoms. The van der Waals surface area contributed by atoms with Crippen molar-refractivity contribution in [2.75, 3.05) is 0 Å². The van der Waals surface area contributed by atoms with Crippen molar-refractivity contribution in [3.8, 4) is 11.1 Å². The van der Waals surface area contributed by atoms with E-state index in [0.717, 1.165) is 22.3 Å². The molecule has 0 aliphatic carbocycles. The van der Waals surface area contributed by atoms with Crippen molar-refractivity contribution in [1.82, 2.24) is 5.32 Å². The van der Waals surface area contributed by atoms with Crippen LogP contribution in [-0.2, 0) is 11.3 Å². The maximum absolute atomic E-state index is 11.4.